The highest BCUT2D eigenvalue weighted by Gasteiger charge is 2.22. The van der Waals surface area contributed by atoms with Crippen LogP contribution in [0.15, 0.2) is 12.7 Å². The molecule has 1 N–H and O–H groups in total. The minimum Gasteiger partial charge on any atom is -0.459 e. The van der Waals surface area contributed by atoms with E-state index in [1.54, 1.807) is 0 Å². The van der Waals surface area contributed by atoms with Gasteiger partial charge in [-0.3, -0.25) is 0 Å². The van der Waals surface area contributed by atoms with E-state index in [2.05, 4.69) is 25.7 Å². The lowest BCUT2D eigenvalue weighted by atomic mass is 10.1. The number of carbonyl (C=O) groups is 3. The molecule has 3 amide bonds. The number of nitrogens with one attached hydrogen (secondary N) is 1. The van der Waals surface area contributed by atoms with Crippen LogP contribution in [0.25, 0.3) is 0 Å². The van der Waals surface area contributed by atoms with Crippen molar-refractivity contribution in [1.82, 2.24) is 10.2 Å². The standard InChI is InChI=1S/C23H42N2O5/c1-4-7-9-11-13-15-17-24-22(27)25(18-16-14-12-10-8-5-2)23(28)30-20-19-29-21(26)6-3/h6H,3-5,7-20H2,1-2H3,(H,24,27). The first kappa shape index (κ1) is 27.9. The van der Waals surface area contributed by atoms with E-state index in [-0.39, 0.29) is 13.2 Å². The molecule has 0 atom stereocenters. The zero-order chi connectivity index (χ0) is 22.5. The quantitative estimate of drug-likeness (QED) is 0.176. The molecule has 0 aromatic heterocycles. The van der Waals surface area contributed by atoms with Crippen LogP contribution in [0.5, 0.6) is 0 Å². The topological polar surface area (TPSA) is 84.9 Å². The van der Waals surface area contributed by atoms with Gasteiger partial charge in [-0.25, -0.2) is 19.3 Å². The zero-order valence-corrected chi connectivity index (χ0v) is 19.1. The molecule has 0 bridgehead atoms. The predicted molar refractivity (Wildman–Crippen MR) is 119 cm³/mol. The van der Waals surface area contributed by atoms with Crippen molar-refractivity contribution in [2.45, 2.75) is 90.9 Å². The second-order valence-electron chi connectivity index (χ2n) is 7.41. The Morgan fingerprint density at radius 2 is 1.33 bits per heavy atom. The summed E-state index contributed by atoms with van der Waals surface area (Å²) in [7, 11) is 0. The molecule has 0 radical (unpaired) electrons. The molecule has 0 aliphatic carbocycles. The summed E-state index contributed by atoms with van der Waals surface area (Å²) in [4.78, 5) is 37.0. The molecule has 0 saturated heterocycles. The number of imide groups is 1. The first-order valence-electron chi connectivity index (χ1n) is 11.6. The number of unbranched alkanes of at least 4 members (excludes halogenated alkanes) is 10. The molecule has 7 nitrogen and oxygen atoms in total. The lowest BCUT2D eigenvalue weighted by Gasteiger charge is -2.21. The Hall–Kier alpha value is -2.05. The molecule has 0 unspecified atom stereocenters. The molecule has 7 heteroatoms. The molecule has 0 fully saturated rings. The van der Waals surface area contributed by atoms with Gasteiger partial charge in [-0.15, -0.1) is 0 Å². The minimum atomic E-state index is -0.710. The average molecular weight is 427 g/mol. The van der Waals surface area contributed by atoms with Gasteiger partial charge in [0.25, 0.3) is 0 Å². The third-order valence-corrected chi connectivity index (χ3v) is 4.73. The number of rotatable bonds is 18. The molecule has 0 aliphatic rings. The van der Waals surface area contributed by atoms with Crippen LogP contribution in [0.2, 0.25) is 0 Å². The number of urea groups is 1. The van der Waals surface area contributed by atoms with E-state index < -0.39 is 18.1 Å². The Morgan fingerprint density at radius 1 is 0.800 bits per heavy atom. The molecule has 30 heavy (non-hydrogen) atoms. The molecule has 0 aromatic carbocycles. The third-order valence-electron chi connectivity index (χ3n) is 4.73. The van der Waals surface area contributed by atoms with Gasteiger partial charge in [0, 0.05) is 19.2 Å². The van der Waals surface area contributed by atoms with Gasteiger partial charge in [-0.1, -0.05) is 84.6 Å². The Balaban J connectivity index is 4.35. The van der Waals surface area contributed by atoms with Gasteiger partial charge in [-0.05, 0) is 12.8 Å². The van der Waals surface area contributed by atoms with Crippen LogP contribution in [0.4, 0.5) is 9.59 Å². The van der Waals surface area contributed by atoms with E-state index in [4.69, 9.17) is 9.47 Å². The van der Waals surface area contributed by atoms with Crippen molar-refractivity contribution in [2.75, 3.05) is 26.3 Å². The normalized spacial score (nSPS) is 10.3. The van der Waals surface area contributed by atoms with Crippen molar-refractivity contribution in [3.8, 4) is 0 Å². The van der Waals surface area contributed by atoms with Gasteiger partial charge in [0.15, 0.2) is 0 Å². The molecule has 0 aliphatic heterocycles. The van der Waals surface area contributed by atoms with E-state index in [1.807, 2.05) is 0 Å². The van der Waals surface area contributed by atoms with Crippen LogP contribution in [-0.2, 0) is 14.3 Å². The van der Waals surface area contributed by atoms with Gasteiger partial charge < -0.3 is 14.8 Å². The number of nitrogens with zero attached hydrogens (tertiary/aromatic N) is 1. The summed E-state index contributed by atoms with van der Waals surface area (Å²) in [6.45, 7) is 8.34. The summed E-state index contributed by atoms with van der Waals surface area (Å²) in [6, 6.07) is -0.426. The van der Waals surface area contributed by atoms with Crippen molar-refractivity contribution in [2.24, 2.45) is 0 Å². The Morgan fingerprint density at radius 3 is 1.93 bits per heavy atom. The van der Waals surface area contributed by atoms with Crippen LogP contribution >= 0.6 is 0 Å². The van der Waals surface area contributed by atoms with Crippen molar-refractivity contribution in [3.05, 3.63) is 12.7 Å². The number of hydrogen-bond acceptors (Lipinski definition) is 5. The predicted octanol–water partition coefficient (Wildman–Crippen LogP) is 5.58. The number of carbonyl (C=O) groups excluding carboxylic acids is 3. The second kappa shape index (κ2) is 20.2. The summed E-state index contributed by atoms with van der Waals surface area (Å²) in [6.07, 6.45) is 13.5. The van der Waals surface area contributed by atoms with Gasteiger partial charge in [0.2, 0.25) is 0 Å². The fraction of sp³-hybridized carbons (Fsp3) is 0.783. The van der Waals surface area contributed by atoms with Crippen LogP contribution in [0.3, 0.4) is 0 Å². The SMILES string of the molecule is C=CC(=O)OCCOC(=O)N(CCCCCCCC)C(=O)NCCCCCCCC. The van der Waals surface area contributed by atoms with Crippen LogP contribution in [-0.4, -0.2) is 49.3 Å². The highest BCUT2D eigenvalue weighted by molar-refractivity contribution is 5.90. The van der Waals surface area contributed by atoms with Crippen LogP contribution < -0.4 is 5.32 Å². The molecule has 174 valence electrons. The van der Waals surface area contributed by atoms with Crippen molar-refractivity contribution in [3.63, 3.8) is 0 Å². The maximum Gasteiger partial charge on any atom is 0.418 e. The monoisotopic (exact) mass is 426 g/mol. The van der Waals surface area contributed by atoms with E-state index in [9.17, 15) is 14.4 Å². The van der Waals surface area contributed by atoms with E-state index in [0.717, 1.165) is 49.5 Å². The molecule has 0 rings (SSSR count). The highest BCUT2D eigenvalue weighted by Crippen LogP contribution is 2.08. The highest BCUT2D eigenvalue weighted by atomic mass is 16.6. The largest absolute Gasteiger partial charge is 0.459 e. The number of hydrogen-bond donors (Lipinski definition) is 1. The number of amides is 3. The van der Waals surface area contributed by atoms with E-state index in [1.165, 1.54) is 38.5 Å². The van der Waals surface area contributed by atoms with E-state index in [0.29, 0.717) is 13.1 Å². The van der Waals surface area contributed by atoms with Crippen LogP contribution in [0.1, 0.15) is 90.9 Å². The molecule has 0 aromatic rings. The first-order valence-corrected chi connectivity index (χ1v) is 11.6. The smallest absolute Gasteiger partial charge is 0.418 e. The second-order valence-corrected chi connectivity index (χ2v) is 7.41. The van der Waals surface area contributed by atoms with Crippen molar-refractivity contribution < 1.29 is 23.9 Å². The molecular weight excluding hydrogens is 384 g/mol. The molecule has 0 spiro atoms. The van der Waals surface area contributed by atoms with Gasteiger partial charge in [-0.2, -0.15) is 0 Å². The van der Waals surface area contributed by atoms with Crippen molar-refractivity contribution in [1.29, 1.82) is 0 Å². The fourth-order valence-corrected chi connectivity index (χ4v) is 2.93. The minimum absolute atomic E-state index is 0.0686. The summed E-state index contributed by atoms with van der Waals surface area (Å²) < 4.78 is 9.89. The Bertz CT molecular complexity index is 482. The van der Waals surface area contributed by atoms with Gasteiger partial charge in [0.1, 0.15) is 13.2 Å². The Labute approximate surface area is 182 Å². The fourth-order valence-electron chi connectivity index (χ4n) is 2.93. The lowest BCUT2D eigenvalue weighted by molar-refractivity contribution is -0.138. The summed E-state index contributed by atoms with van der Waals surface area (Å²) in [5.41, 5.74) is 0. The zero-order valence-electron chi connectivity index (χ0n) is 19.1. The Kier molecular flexibility index (Phi) is 18.8. The summed E-state index contributed by atoms with van der Waals surface area (Å²) >= 11 is 0. The first-order chi connectivity index (χ1) is 14.6. The maximum absolute atomic E-state index is 12.5. The van der Waals surface area contributed by atoms with Crippen molar-refractivity contribution >= 4 is 18.1 Å². The van der Waals surface area contributed by atoms with Gasteiger partial charge in [0.05, 0.1) is 0 Å². The summed E-state index contributed by atoms with van der Waals surface area (Å²) in [5, 5.41) is 2.82. The van der Waals surface area contributed by atoms with Crippen LogP contribution in [0, 0.1) is 0 Å². The number of ether oxygens (including phenoxy) is 2. The molecular formula is C23H42N2O5. The third kappa shape index (κ3) is 15.8. The maximum atomic E-state index is 12.5. The molecule has 0 saturated carbocycles. The lowest BCUT2D eigenvalue weighted by Crippen LogP contribution is -2.45. The number of esters is 1. The van der Waals surface area contributed by atoms with E-state index >= 15 is 0 Å². The van der Waals surface area contributed by atoms with Gasteiger partial charge >= 0.3 is 18.1 Å². The summed E-state index contributed by atoms with van der Waals surface area (Å²) in [5.74, 6) is -0.577. The molecule has 0 heterocycles. The average Bonchev–Trinajstić information content (AvgIpc) is 2.75.